The Balaban J connectivity index is 1.35. The molecule has 0 bridgehead atoms. The molecule has 32 heavy (non-hydrogen) atoms. The molecule has 5 rings (SSSR count). The minimum atomic E-state index is 0.0733. The lowest BCUT2D eigenvalue weighted by Crippen LogP contribution is -2.34. The van der Waals surface area contributed by atoms with E-state index in [4.69, 9.17) is 23.9 Å². The largest absolute Gasteiger partial charge is 0.493 e. The molecule has 0 spiro atoms. The predicted octanol–water partition coefficient (Wildman–Crippen LogP) is 3.42. The molecular formula is C25H35N3O4. The molecule has 0 saturated carbocycles. The molecule has 174 valence electrons. The lowest BCUT2D eigenvalue weighted by molar-refractivity contribution is -0.0818. The molecule has 0 radical (unpaired) electrons. The Labute approximate surface area is 190 Å². The second-order valence-corrected chi connectivity index (χ2v) is 8.99. The van der Waals surface area contributed by atoms with Crippen molar-refractivity contribution in [2.24, 2.45) is 0 Å². The van der Waals surface area contributed by atoms with E-state index in [1.807, 2.05) is 6.07 Å². The fourth-order valence-corrected chi connectivity index (χ4v) is 5.09. The first-order valence-corrected chi connectivity index (χ1v) is 12.1. The van der Waals surface area contributed by atoms with Gasteiger partial charge in [-0.3, -0.25) is 4.98 Å². The third-order valence-electron chi connectivity index (χ3n) is 6.76. The molecule has 2 saturated heterocycles. The number of fused-ring (bicyclic) bond motifs is 2. The van der Waals surface area contributed by atoms with Crippen LogP contribution in [-0.2, 0) is 22.3 Å². The summed E-state index contributed by atoms with van der Waals surface area (Å²) in [6, 6.07) is 4.13. The molecule has 3 aliphatic rings. The van der Waals surface area contributed by atoms with E-state index in [-0.39, 0.29) is 6.10 Å². The number of anilines is 1. The normalized spacial score (nSPS) is 21.1. The molecule has 1 aliphatic carbocycles. The van der Waals surface area contributed by atoms with Gasteiger partial charge in [0.2, 0.25) is 0 Å². The second kappa shape index (κ2) is 10.2. The Bertz CT molecular complexity index is 923. The van der Waals surface area contributed by atoms with Crippen LogP contribution in [0.4, 0.5) is 5.69 Å². The van der Waals surface area contributed by atoms with Gasteiger partial charge in [-0.2, -0.15) is 0 Å². The summed E-state index contributed by atoms with van der Waals surface area (Å²) in [4.78, 5) is 7.52. The Hall–Kier alpha value is -2.09. The van der Waals surface area contributed by atoms with Crippen molar-refractivity contribution in [3.05, 3.63) is 23.4 Å². The molecule has 1 aromatic carbocycles. The molecule has 3 heterocycles. The number of nitrogens with one attached hydrogen (secondary N) is 1. The van der Waals surface area contributed by atoms with E-state index >= 15 is 0 Å². The third kappa shape index (κ3) is 4.80. The standard InChI is InChI=1S/C25H35N3O4/c1-29-23-14-20-22(15-24(23)32-11-5-10-28-8-2-3-9-28)27-21-7-4-6-19(21)25(20)26-16-18-17-30-12-13-31-18/h14-15,18H,2-13,16-17H2,1H3,(H,26,27)/t18-/m1/s1. The van der Waals surface area contributed by atoms with Crippen LogP contribution in [0.15, 0.2) is 12.1 Å². The van der Waals surface area contributed by atoms with Crippen LogP contribution in [0.2, 0.25) is 0 Å². The van der Waals surface area contributed by atoms with Crippen LogP contribution in [-0.4, -0.2) is 75.7 Å². The lowest BCUT2D eigenvalue weighted by Gasteiger charge is -2.25. The molecular weight excluding hydrogens is 406 g/mol. The van der Waals surface area contributed by atoms with Crippen LogP contribution in [0.1, 0.15) is 36.9 Å². The highest BCUT2D eigenvalue weighted by Crippen LogP contribution is 2.39. The number of pyridine rings is 1. The Morgan fingerprint density at radius 2 is 2.03 bits per heavy atom. The number of ether oxygens (including phenoxy) is 4. The number of rotatable bonds is 9. The van der Waals surface area contributed by atoms with Gasteiger partial charge in [-0.15, -0.1) is 0 Å². The summed E-state index contributed by atoms with van der Waals surface area (Å²) in [5.74, 6) is 1.54. The average Bonchev–Trinajstić information content (AvgIpc) is 3.51. The highest BCUT2D eigenvalue weighted by molar-refractivity contribution is 5.96. The summed E-state index contributed by atoms with van der Waals surface area (Å²) in [6.07, 6.45) is 6.98. The number of hydrogen-bond acceptors (Lipinski definition) is 7. The van der Waals surface area contributed by atoms with Crippen molar-refractivity contribution in [1.82, 2.24) is 9.88 Å². The summed E-state index contributed by atoms with van der Waals surface area (Å²) in [5.41, 5.74) is 4.65. The Morgan fingerprint density at radius 1 is 1.12 bits per heavy atom. The molecule has 0 amide bonds. The van der Waals surface area contributed by atoms with Gasteiger partial charge in [0.05, 0.1) is 45.2 Å². The summed E-state index contributed by atoms with van der Waals surface area (Å²) >= 11 is 0. The topological polar surface area (TPSA) is 65.1 Å². The Kier molecular flexibility index (Phi) is 6.95. The zero-order chi connectivity index (χ0) is 21.8. The van der Waals surface area contributed by atoms with Crippen molar-refractivity contribution in [2.75, 3.05) is 65.0 Å². The molecule has 0 unspecified atom stereocenters. The summed E-state index contributed by atoms with van der Waals surface area (Å²) < 4.78 is 23.3. The van der Waals surface area contributed by atoms with Gasteiger partial charge in [-0.25, -0.2) is 0 Å². The van der Waals surface area contributed by atoms with Gasteiger partial charge in [-0.1, -0.05) is 0 Å². The first kappa shape index (κ1) is 21.7. The molecule has 1 atom stereocenters. The van der Waals surface area contributed by atoms with E-state index in [9.17, 15) is 0 Å². The maximum absolute atomic E-state index is 6.16. The van der Waals surface area contributed by atoms with Gasteiger partial charge in [0.1, 0.15) is 0 Å². The number of nitrogens with zero attached hydrogens (tertiary/aromatic N) is 2. The molecule has 7 nitrogen and oxygen atoms in total. The quantitative estimate of drug-likeness (QED) is 0.598. The van der Waals surface area contributed by atoms with E-state index in [2.05, 4.69) is 16.3 Å². The number of methoxy groups -OCH3 is 1. The first-order chi connectivity index (χ1) is 15.8. The van der Waals surface area contributed by atoms with Gasteiger partial charge in [-0.05, 0) is 63.2 Å². The number of aryl methyl sites for hydroxylation is 1. The van der Waals surface area contributed by atoms with Crippen LogP contribution in [0.5, 0.6) is 11.5 Å². The fraction of sp³-hybridized carbons (Fsp3) is 0.640. The molecule has 2 fully saturated rings. The molecule has 2 aliphatic heterocycles. The lowest BCUT2D eigenvalue weighted by atomic mass is 10.1. The van der Waals surface area contributed by atoms with E-state index in [0.717, 1.165) is 66.9 Å². The number of benzene rings is 1. The van der Waals surface area contributed by atoms with Gasteiger partial charge in [0, 0.05) is 35.9 Å². The molecule has 2 aromatic rings. The zero-order valence-electron chi connectivity index (χ0n) is 19.2. The Morgan fingerprint density at radius 3 is 2.84 bits per heavy atom. The second-order valence-electron chi connectivity index (χ2n) is 8.99. The third-order valence-corrected chi connectivity index (χ3v) is 6.76. The molecule has 1 aromatic heterocycles. The maximum atomic E-state index is 6.16. The summed E-state index contributed by atoms with van der Waals surface area (Å²) in [7, 11) is 1.71. The minimum absolute atomic E-state index is 0.0733. The molecule has 7 heteroatoms. The minimum Gasteiger partial charge on any atom is -0.493 e. The first-order valence-electron chi connectivity index (χ1n) is 12.1. The van der Waals surface area contributed by atoms with Crippen molar-refractivity contribution in [3.63, 3.8) is 0 Å². The van der Waals surface area contributed by atoms with Crippen LogP contribution in [0.25, 0.3) is 10.9 Å². The highest BCUT2D eigenvalue weighted by Gasteiger charge is 2.23. The molecule has 1 N–H and O–H groups in total. The predicted molar refractivity (Wildman–Crippen MR) is 125 cm³/mol. The highest BCUT2D eigenvalue weighted by atomic mass is 16.6. The van der Waals surface area contributed by atoms with Crippen LogP contribution >= 0.6 is 0 Å². The number of aromatic nitrogens is 1. The van der Waals surface area contributed by atoms with Crippen molar-refractivity contribution in [1.29, 1.82) is 0 Å². The van der Waals surface area contributed by atoms with E-state index in [1.54, 1.807) is 7.11 Å². The van der Waals surface area contributed by atoms with Gasteiger partial charge in [0.25, 0.3) is 0 Å². The summed E-state index contributed by atoms with van der Waals surface area (Å²) in [5, 5.41) is 4.75. The van der Waals surface area contributed by atoms with E-state index < -0.39 is 0 Å². The number of likely N-dealkylation sites (tertiary alicyclic amines) is 1. The van der Waals surface area contributed by atoms with Crippen LogP contribution in [0, 0.1) is 0 Å². The van der Waals surface area contributed by atoms with Crippen molar-refractivity contribution < 1.29 is 18.9 Å². The monoisotopic (exact) mass is 441 g/mol. The van der Waals surface area contributed by atoms with Crippen LogP contribution in [0.3, 0.4) is 0 Å². The van der Waals surface area contributed by atoms with Gasteiger partial charge >= 0.3 is 0 Å². The average molecular weight is 442 g/mol. The van der Waals surface area contributed by atoms with E-state index in [0.29, 0.717) is 26.4 Å². The zero-order valence-corrected chi connectivity index (χ0v) is 19.2. The van der Waals surface area contributed by atoms with Gasteiger partial charge < -0.3 is 29.2 Å². The summed E-state index contributed by atoms with van der Waals surface area (Å²) in [6.45, 7) is 6.94. The van der Waals surface area contributed by atoms with Crippen molar-refractivity contribution >= 4 is 16.6 Å². The fourth-order valence-electron chi connectivity index (χ4n) is 5.09. The van der Waals surface area contributed by atoms with Crippen molar-refractivity contribution in [2.45, 2.75) is 44.6 Å². The van der Waals surface area contributed by atoms with E-state index in [1.165, 1.54) is 37.2 Å². The smallest absolute Gasteiger partial charge is 0.163 e. The number of hydrogen-bond donors (Lipinski definition) is 1. The van der Waals surface area contributed by atoms with Gasteiger partial charge in [0.15, 0.2) is 11.5 Å². The SMILES string of the molecule is COc1cc2c(NC[C@@H]3COCCO3)c3c(nc2cc1OCCCN1CCCC1)CCC3. The maximum Gasteiger partial charge on any atom is 0.163 e. The van der Waals surface area contributed by atoms with Crippen LogP contribution < -0.4 is 14.8 Å². The van der Waals surface area contributed by atoms with Crippen molar-refractivity contribution in [3.8, 4) is 11.5 Å².